The number of anilines is 3. The molecule has 0 aliphatic carbocycles. The highest BCUT2D eigenvalue weighted by Crippen LogP contribution is 2.44. The van der Waals surface area contributed by atoms with Crippen LogP contribution in [0.2, 0.25) is 0 Å². The van der Waals surface area contributed by atoms with Gasteiger partial charge in [0.05, 0.1) is 0 Å². The van der Waals surface area contributed by atoms with Crippen molar-refractivity contribution in [1.82, 2.24) is 0 Å². The zero-order valence-corrected chi connectivity index (χ0v) is 27.3. The van der Waals surface area contributed by atoms with Crippen LogP contribution in [0.5, 0.6) is 0 Å². The third kappa shape index (κ3) is 4.57. The number of nitrogens with zero attached hydrogens (tertiary/aromatic N) is 1. The van der Waals surface area contributed by atoms with Crippen LogP contribution < -0.4 is 4.90 Å². The van der Waals surface area contributed by atoms with Crippen LogP contribution in [0.4, 0.5) is 17.1 Å². The van der Waals surface area contributed by atoms with Crippen molar-refractivity contribution in [1.29, 1.82) is 0 Å². The lowest BCUT2D eigenvalue weighted by atomic mass is 9.93. The van der Waals surface area contributed by atoms with Gasteiger partial charge in [-0.15, -0.1) is 0 Å². The van der Waals surface area contributed by atoms with Gasteiger partial charge in [-0.1, -0.05) is 133 Å². The summed E-state index contributed by atoms with van der Waals surface area (Å²) in [5, 5.41) is 9.56. The maximum Gasteiger partial charge on any atom is 0.143 e. The van der Waals surface area contributed by atoms with E-state index in [0.29, 0.717) is 0 Å². The highest BCUT2D eigenvalue weighted by Gasteiger charge is 2.19. The minimum atomic E-state index is 0.878. The molecule has 2 heteroatoms. The Hall–Kier alpha value is -6.64. The second kappa shape index (κ2) is 11.5. The Balaban J connectivity index is 1.18. The molecule has 0 atom stereocenters. The zero-order chi connectivity index (χ0) is 33.0. The molecule has 10 rings (SSSR count). The fourth-order valence-corrected chi connectivity index (χ4v) is 7.71. The van der Waals surface area contributed by atoms with Crippen LogP contribution in [-0.2, 0) is 0 Å². The van der Waals surface area contributed by atoms with E-state index in [0.717, 1.165) is 44.4 Å². The Kier molecular flexibility index (Phi) is 6.53. The summed E-state index contributed by atoms with van der Waals surface area (Å²) >= 11 is 0. The van der Waals surface area contributed by atoms with E-state index in [4.69, 9.17) is 4.42 Å². The molecule has 0 aliphatic rings. The second-order valence-corrected chi connectivity index (χ2v) is 12.9. The Bertz CT molecular complexity index is 2870. The van der Waals surface area contributed by atoms with Gasteiger partial charge in [-0.2, -0.15) is 0 Å². The van der Waals surface area contributed by atoms with Crippen LogP contribution in [0, 0.1) is 0 Å². The van der Waals surface area contributed by atoms with Crippen molar-refractivity contribution in [2.75, 3.05) is 4.90 Å². The van der Waals surface area contributed by atoms with Crippen LogP contribution in [0.1, 0.15) is 0 Å². The Morgan fingerprint density at radius 1 is 0.320 bits per heavy atom. The molecule has 0 unspecified atom stereocenters. The SMILES string of the molecule is c1ccc(-c2cc3c4cc(N(c5ccccc5)c5cccc(-c6cc7ccccc7c7ccccc67)c5)ccc4oc3c3ccccc23)cc1. The molecule has 50 heavy (non-hydrogen) atoms. The van der Waals surface area contributed by atoms with E-state index in [9.17, 15) is 0 Å². The molecule has 0 radical (unpaired) electrons. The molecular weight excluding hydrogens is 607 g/mol. The summed E-state index contributed by atoms with van der Waals surface area (Å²) in [6, 6.07) is 67.4. The summed E-state index contributed by atoms with van der Waals surface area (Å²) in [7, 11) is 0. The maximum atomic E-state index is 6.64. The fourth-order valence-electron chi connectivity index (χ4n) is 7.71. The highest BCUT2D eigenvalue weighted by atomic mass is 16.3. The number of para-hydroxylation sites is 1. The fraction of sp³-hybridized carbons (Fsp3) is 0. The predicted octanol–water partition coefficient (Wildman–Crippen LogP) is 13.8. The van der Waals surface area contributed by atoms with Crippen LogP contribution in [0.25, 0.3) is 76.5 Å². The smallest absolute Gasteiger partial charge is 0.143 e. The summed E-state index contributed by atoms with van der Waals surface area (Å²) in [6.45, 7) is 0. The van der Waals surface area contributed by atoms with Gasteiger partial charge >= 0.3 is 0 Å². The number of rotatable bonds is 5. The van der Waals surface area contributed by atoms with Crippen LogP contribution in [-0.4, -0.2) is 0 Å². The Morgan fingerprint density at radius 2 is 0.900 bits per heavy atom. The lowest BCUT2D eigenvalue weighted by molar-refractivity contribution is 0.672. The van der Waals surface area contributed by atoms with Crippen molar-refractivity contribution < 1.29 is 4.42 Å². The van der Waals surface area contributed by atoms with Crippen molar-refractivity contribution >= 4 is 71.3 Å². The minimum Gasteiger partial charge on any atom is -0.455 e. The average Bonchev–Trinajstić information content (AvgIpc) is 3.56. The van der Waals surface area contributed by atoms with Gasteiger partial charge in [0.2, 0.25) is 0 Å². The number of hydrogen-bond acceptors (Lipinski definition) is 2. The molecule has 0 spiro atoms. The van der Waals surface area contributed by atoms with Gasteiger partial charge in [0.25, 0.3) is 0 Å². The molecule has 1 aromatic heterocycles. The second-order valence-electron chi connectivity index (χ2n) is 12.9. The van der Waals surface area contributed by atoms with Crippen molar-refractivity contribution in [3.8, 4) is 22.3 Å². The molecule has 0 N–H and O–H groups in total. The topological polar surface area (TPSA) is 16.4 Å². The molecule has 234 valence electrons. The molecule has 2 nitrogen and oxygen atoms in total. The lowest BCUT2D eigenvalue weighted by Gasteiger charge is -2.26. The number of furan rings is 1. The molecule has 1 heterocycles. The largest absolute Gasteiger partial charge is 0.455 e. The third-order valence-electron chi connectivity index (χ3n) is 10.0. The molecule has 0 bridgehead atoms. The molecule has 9 aromatic carbocycles. The predicted molar refractivity (Wildman–Crippen MR) is 212 cm³/mol. The molecular formula is C48H31NO. The zero-order valence-electron chi connectivity index (χ0n) is 27.3. The first-order valence-corrected chi connectivity index (χ1v) is 17.1. The highest BCUT2D eigenvalue weighted by molar-refractivity contribution is 6.20. The van der Waals surface area contributed by atoms with Gasteiger partial charge in [0.15, 0.2) is 0 Å². The van der Waals surface area contributed by atoms with Gasteiger partial charge in [-0.3, -0.25) is 0 Å². The lowest BCUT2D eigenvalue weighted by Crippen LogP contribution is -2.09. The summed E-state index contributed by atoms with van der Waals surface area (Å²) in [5.41, 5.74) is 9.86. The average molecular weight is 638 g/mol. The quantitative estimate of drug-likeness (QED) is 0.175. The Morgan fingerprint density at radius 3 is 1.70 bits per heavy atom. The first-order chi connectivity index (χ1) is 24.8. The monoisotopic (exact) mass is 637 g/mol. The van der Waals surface area contributed by atoms with Gasteiger partial charge in [-0.05, 0) is 104 Å². The molecule has 0 saturated heterocycles. The first-order valence-electron chi connectivity index (χ1n) is 17.1. The number of fused-ring (bicyclic) bond motifs is 8. The number of benzene rings is 9. The van der Waals surface area contributed by atoms with E-state index >= 15 is 0 Å². The molecule has 0 aliphatic heterocycles. The van der Waals surface area contributed by atoms with Gasteiger partial charge in [0.1, 0.15) is 11.2 Å². The van der Waals surface area contributed by atoms with Gasteiger partial charge in [0, 0.05) is 33.2 Å². The van der Waals surface area contributed by atoms with E-state index < -0.39 is 0 Å². The Labute approximate surface area is 290 Å². The molecule has 0 fully saturated rings. The van der Waals surface area contributed by atoms with Gasteiger partial charge in [-0.25, -0.2) is 0 Å². The van der Waals surface area contributed by atoms with E-state index in [-0.39, 0.29) is 0 Å². The summed E-state index contributed by atoms with van der Waals surface area (Å²) in [4.78, 5) is 2.35. The minimum absolute atomic E-state index is 0.878. The van der Waals surface area contributed by atoms with Gasteiger partial charge < -0.3 is 9.32 Å². The van der Waals surface area contributed by atoms with Crippen LogP contribution in [0.3, 0.4) is 0 Å². The van der Waals surface area contributed by atoms with Crippen molar-refractivity contribution in [3.05, 3.63) is 188 Å². The molecule has 0 amide bonds. The first kappa shape index (κ1) is 28.4. The normalized spacial score (nSPS) is 11.6. The van der Waals surface area contributed by atoms with E-state index in [1.807, 2.05) is 0 Å². The molecule has 0 saturated carbocycles. The third-order valence-corrected chi connectivity index (χ3v) is 10.0. The standard InChI is InChI=1S/C48H31NO/c1-3-14-32(15-4-1)44-31-46-45-30-37(26-27-47(45)50-48(46)42-25-12-11-24-41(42)44)49(35-18-5-2-6-19-35)36-20-13-17-33(28-36)43-29-34-16-7-8-21-38(34)39-22-9-10-23-40(39)43/h1-31H. The van der Waals surface area contributed by atoms with Crippen LogP contribution in [0.15, 0.2) is 192 Å². The summed E-state index contributed by atoms with van der Waals surface area (Å²) in [6.07, 6.45) is 0. The summed E-state index contributed by atoms with van der Waals surface area (Å²) in [5.74, 6) is 0. The van der Waals surface area contributed by atoms with Crippen molar-refractivity contribution in [2.24, 2.45) is 0 Å². The van der Waals surface area contributed by atoms with Crippen molar-refractivity contribution in [3.63, 3.8) is 0 Å². The van der Waals surface area contributed by atoms with E-state index in [2.05, 4.69) is 193 Å². The number of hydrogen-bond donors (Lipinski definition) is 0. The van der Waals surface area contributed by atoms with E-state index in [1.54, 1.807) is 0 Å². The maximum absolute atomic E-state index is 6.64. The van der Waals surface area contributed by atoms with Crippen molar-refractivity contribution in [2.45, 2.75) is 0 Å². The van der Waals surface area contributed by atoms with Crippen LogP contribution >= 0.6 is 0 Å². The molecule has 10 aromatic rings. The van der Waals surface area contributed by atoms with E-state index in [1.165, 1.54) is 49.2 Å². The summed E-state index contributed by atoms with van der Waals surface area (Å²) < 4.78 is 6.64.